The fourth-order valence-electron chi connectivity index (χ4n) is 11.0. The van der Waals surface area contributed by atoms with E-state index in [0.717, 1.165) is 43.4 Å². The second-order valence-corrected chi connectivity index (χ2v) is 18.3. The van der Waals surface area contributed by atoms with E-state index < -0.39 is 40.7 Å². The van der Waals surface area contributed by atoms with Crippen LogP contribution in [-0.2, 0) is 26.3 Å². The third-order valence-electron chi connectivity index (χ3n) is 13.9. The molecule has 0 aromatic heterocycles. The van der Waals surface area contributed by atoms with Crippen LogP contribution in [-0.4, -0.2) is 58.5 Å². The predicted octanol–water partition coefficient (Wildman–Crippen LogP) is 9.02. The second-order valence-electron chi connectivity index (χ2n) is 17.5. The first-order chi connectivity index (χ1) is 30.4. The van der Waals surface area contributed by atoms with Gasteiger partial charge in [0.05, 0.1) is 11.1 Å². The van der Waals surface area contributed by atoms with E-state index in [2.05, 4.69) is 33.2 Å². The van der Waals surface area contributed by atoms with Crippen LogP contribution >= 0.6 is 23.2 Å². The van der Waals surface area contributed by atoms with E-state index in [4.69, 9.17) is 23.2 Å². The van der Waals surface area contributed by atoms with Gasteiger partial charge in [-0.2, -0.15) is 0 Å². The molecule has 4 aromatic carbocycles. The highest BCUT2D eigenvalue weighted by Crippen LogP contribution is 2.63. The Bertz CT molecular complexity index is 2540. The number of unbranched alkanes of at least 4 members (excludes halogenated alkanes) is 2. The number of hydrogen-bond acceptors (Lipinski definition) is 7. The van der Waals surface area contributed by atoms with Gasteiger partial charge >= 0.3 is 0 Å². The summed E-state index contributed by atoms with van der Waals surface area (Å²) in [7, 11) is 0. The maximum atomic E-state index is 16.3. The van der Waals surface area contributed by atoms with E-state index in [1.54, 1.807) is 59.5 Å². The number of fused-ring (bicyclic) bond motifs is 4. The summed E-state index contributed by atoms with van der Waals surface area (Å²) >= 11 is 12.8. The molecule has 63 heavy (non-hydrogen) atoms. The fraction of sp³-hybridized carbons (Fsp3) is 0.367. The van der Waals surface area contributed by atoms with Gasteiger partial charge in [-0.25, -0.2) is 4.39 Å². The number of Topliss-reactive ketones (excluding diaryl/α,β-unsaturated/α-hetero) is 1. The minimum Gasteiger partial charge on any atom is -0.385 e. The quantitative estimate of drug-likeness (QED) is 0.0705. The third-order valence-corrected chi connectivity index (χ3v) is 14.4. The summed E-state index contributed by atoms with van der Waals surface area (Å²) in [5.41, 5.74) is 3.21. The van der Waals surface area contributed by atoms with Crippen LogP contribution in [0.3, 0.4) is 0 Å². The smallest absolute Gasteiger partial charge is 0.255 e. The number of halogens is 3. The van der Waals surface area contributed by atoms with E-state index in [-0.39, 0.29) is 34.1 Å². The molecule has 2 saturated heterocycles. The normalized spacial score (nSPS) is 23.4. The van der Waals surface area contributed by atoms with Crippen LogP contribution in [0.15, 0.2) is 91.1 Å². The molecule has 9 rings (SSSR count). The van der Waals surface area contributed by atoms with Crippen molar-refractivity contribution in [3.63, 3.8) is 0 Å². The molecule has 0 bridgehead atoms. The zero-order chi connectivity index (χ0) is 44.0. The zero-order valence-corrected chi connectivity index (χ0v) is 36.3. The van der Waals surface area contributed by atoms with Crippen LogP contribution in [0.2, 0.25) is 10.0 Å². The molecule has 2 spiro atoms. The van der Waals surface area contributed by atoms with Gasteiger partial charge < -0.3 is 26.2 Å². The Balaban J connectivity index is 0.836. The second kappa shape index (κ2) is 17.2. The van der Waals surface area contributed by atoms with Crippen molar-refractivity contribution in [2.24, 2.45) is 0 Å². The molecular weight excluding hydrogens is 842 g/mol. The van der Waals surface area contributed by atoms with E-state index in [1.165, 1.54) is 6.07 Å². The van der Waals surface area contributed by atoms with E-state index in [0.29, 0.717) is 90.4 Å². The molecule has 1 saturated carbocycles. The molecule has 4 heterocycles. The number of hydrogen-bond donors (Lipinski definition) is 5. The van der Waals surface area contributed by atoms with Crippen molar-refractivity contribution in [2.75, 3.05) is 22.5 Å². The Morgan fingerprint density at radius 2 is 1.68 bits per heavy atom. The lowest BCUT2D eigenvalue weighted by atomic mass is 9.55. The zero-order valence-electron chi connectivity index (χ0n) is 34.8. The summed E-state index contributed by atoms with van der Waals surface area (Å²) in [6, 6.07) is 20.8. The van der Waals surface area contributed by atoms with E-state index in [9.17, 15) is 24.0 Å². The molecule has 4 amide bonds. The van der Waals surface area contributed by atoms with Crippen LogP contribution in [0.5, 0.6) is 0 Å². The molecule has 14 heteroatoms. The number of carbonyl (C=O) groups excluding carboxylic acids is 5. The van der Waals surface area contributed by atoms with Gasteiger partial charge in [-0.05, 0) is 104 Å². The molecule has 4 aromatic rings. The number of amides is 4. The lowest BCUT2D eigenvalue weighted by Crippen LogP contribution is -2.60. The van der Waals surface area contributed by atoms with E-state index in [1.807, 2.05) is 18.2 Å². The Labute approximate surface area is 375 Å². The molecule has 1 aliphatic carbocycles. The van der Waals surface area contributed by atoms with Crippen molar-refractivity contribution in [3.8, 4) is 0 Å². The average molecular weight is 892 g/mol. The number of nitrogens with zero attached hydrogens (tertiary/aromatic N) is 1. The molecule has 3 fully saturated rings. The predicted molar refractivity (Wildman–Crippen MR) is 242 cm³/mol. The Morgan fingerprint density at radius 1 is 0.905 bits per heavy atom. The minimum atomic E-state index is -1.34. The summed E-state index contributed by atoms with van der Waals surface area (Å²) < 4.78 is 16.3. The van der Waals surface area contributed by atoms with Gasteiger partial charge in [0.15, 0.2) is 5.78 Å². The molecular formula is C49H49Cl2FN6O5. The molecule has 4 aliphatic heterocycles. The minimum absolute atomic E-state index is 0.0169. The largest absolute Gasteiger partial charge is 0.385 e. The molecule has 5 N–H and O–H groups in total. The highest BCUT2D eigenvalue weighted by molar-refractivity contribution is 6.31. The SMILES string of the molecule is C=C1CCC(N2Cc3c(NCCCCCC(=O)c4ccc(NC(=O)[C@@H]5NC6(CCCCC6)[C@@]6(C(=O)Nc7cc(Cl)ccc76)[C@H]5c5cccc(Cl)c5F)cc4)cccc3C2=O)C(=O)N1. The fourth-order valence-corrected chi connectivity index (χ4v) is 11.3. The van der Waals surface area contributed by atoms with Crippen LogP contribution in [0, 0.1) is 5.82 Å². The summed E-state index contributed by atoms with van der Waals surface area (Å²) in [5.74, 6) is -2.73. The summed E-state index contributed by atoms with van der Waals surface area (Å²) in [5, 5.41) is 16.3. The van der Waals surface area contributed by atoms with Crippen molar-refractivity contribution < 1.29 is 28.4 Å². The first-order valence-electron chi connectivity index (χ1n) is 21.8. The number of carbonyl (C=O) groups is 5. The number of anilines is 3. The number of rotatable bonds is 12. The number of nitrogens with one attached hydrogen (secondary N) is 5. The number of allylic oxidation sites excluding steroid dienone is 1. The van der Waals surface area contributed by atoms with Crippen molar-refractivity contribution >= 4 is 69.7 Å². The van der Waals surface area contributed by atoms with Crippen molar-refractivity contribution in [2.45, 2.75) is 106 Å². The lowest BCUT2D eigenvalue weighted by Gasteiger charge is -2.47. The standard InChI is InChI=1S/C49H49Cl2FN6O5/c1-28-15-22-39(44(60)54-28)58-27-34-32(46(58)62)10-9-13-37(34)53-25-7-2-4-14-40(59)29-16-19-31(20-17-29)55-45(61)43-41(33-11-8-12-36(51)42(33)52)49(48(57-43)23-5-3-6-24-48)35-21-18-30(50)26-38(35)56-47(49)63/h8-13,16-21,26,39,41,43,53,57H,1-7,14-15,22-25,27H2,(H,54,60)(H,55,61)(H,56,63)/t39?,41-,43+,49+/m0/s1. The number of piperidine rings is 1. The molecule has 5 aliphatic rings. The van der Waals surface area contributed by atoms with Gasteiger partial charge in [0.1, 0.15) is 17.3 Å². The van der Waals surface area contributed by atoms with Crippen LogP contribution in [0.4, 0.5) is 21.5 Å². The van der Waals surface area contributed by atoms with Gasteiger partial charge in [-0.1, -0.05) is 79.7 Å². The highest BCUT2D eigenvalue weighted by Gasteiger charge is 2.72. The van der Waals surface area contributed by atoms with Gasteiger partial charge in [0.25, 0.3) is 5.91 Å². The highest BCUT2D eigenvalue weighted by atomic mass is 35.5. The maximum Gasteiger partial charge on any atom is 0.255 e. The first-order valence-corrected chi connectivity index (χ1v) is 22.6. The Kier molecular flexibility index (Phi) is 11.7. The topological polar surface area (TPSA) is 149 Å². The number of ketones is 1. The summed E-state index contributed by atoms with van der Waals surface area (Å²) in [6.07, 6.45) is 7.69. The lowest BCUT2D eigenvalue weighted by molar-refractivity contribution is -0.126. The Morgan fingerprint density at radius 3 is 2.46 bits per heavy atom. The van der Waals surface area contributed by atoms with Crippen LogP contribution in [0.1, 0.15) is 114 Å². The Hall–Kier alpha value is -5.56. The summed E-state index contributed by atoms with van der Waals surface area (Å²) in [6.45, 7) is 4.87. The average Bonchev–Trinajstić information content (AvgIpc) is 3.87. The third kappa shape index (κ3) is 7.49. The maximum absolute atomic E-state index is 16.3. The number of benzene rings is 4. The monoisotopic (exact) mass is 890 g/mol. The molecule has 0 radical (unpaired) electrons. The molecule has 1 unspecified atom stereocenters. The van der Waals surface area contributed by atoms with Gasteiger partial charge in [0.2, 0.25) is 17.7 Å². The summed E-state index contributed by atoms with van der Waals surface area (Å²) in [4.78, 5) is 69.9. The van der Waals surface area contributed by atoms with Crippen molar-refractivity contribution in [3.05, 3.63) is 135 Å². The van der Waals surface area contributed by atoms with Crippen molar-refractivity contribution in [1.29, 1.82) is 0 Å². The molecule has 4 atom stereocenters. The first kappa shape index (κ1) is 42.7. The van der Waals surface area contributed by atoms with Crippen molar-refractivity contribution in [1.82, 2.24) is 15.5 Å². The van der Waals surface area contributed by atoms with Gasteiger partial charge in [-0.3, -0.25) is 29.3 Å². The van der Waals surface area contributed by atoms with Crippen LogP contribution < -0.4 is 26.6 Å². The van der Waals surface area contributed by atoms with E-state index >= 15 is 4.39 Å². The molecule has 11 nitrogen and oxygen atoms in total. The van der Waals surface area contributed by atoms with Gasteiger partial charge in [-0.15, -0.1) is 0 Å². The van der Waals surface area contributed by atoms with Gasteiger partial charge in [0, 0.05) is 75.4 Å². The van der Waals surface area contributed by atoms with Crippen LogP contribution in [0.25, 0.3) is 0 Å². The molecule has 326 valence electrons.